The van der Waals surface area contributed by atoms with E-state index in [1.54, 1.807) is 0 Å². The van der Waals surface area contributed by atoms with Gasteiger partial charge in [0.2, 0.25) is 0 Å². The van der Waals surface area contributed by atoms with Gasteiger partial charge in [-0.25, -0.2) is 0 Å². The smallest absolute Gasteiger partial charge is 0.251 e. The number of nitrogens with zero attached hydrogens (tertiary/aromatic N) is 1. The van der Waals surface area contributed by atoms with Gasteiger partial charge in [-0.3, -0.25) is 4.79 Å². The van der Waals surface area contributed by atoms with Gasteiger partial charge in [-0.05, 0) is 57.0 Å². The molecule has 0 radical (unpaired) electrons. The molecule has 1 aliphatic rings. The minimum Gasteiger partial charge on any atom is -0.348 e. The SMILES string of the molecule is CCc1cccc(C(=O)N[C@@H](CN(C)C)C2CCCCC2)c1. The molecule has 1 atom stereocenters. The third kappa shape index (κ3) is 4.84. The Hall–Kier alpha value is -1.35. The molecule has 0 heterocycles. The van der Waals surface area contributed by atoms with Crippen LogP contribution < -0.4 is 5.32 Å². The highest BCUT2D eigenvalue weighted by Gasteiger charge is 2.25. The summed E-state index contributed by atoms with van der Waals surface area (Å²) in [6, 6.07) is 8.25. The third-order valence-corrected chi connectivity index (χ3v) is 4.69. The molecule has 1 aromatic rings. The quantitative estimate of drug-likeness (QED) is 0.872. The Labute approximate surface area is 135 Å². The van der Waals surface area contributed by atoms with Gasteiger partial charge in [0.05, 0.1) is 0 Å². The maximum Gasteiger partial charge on any atom is 0.251 e. The van der Waals surface area contributed by atoms with Crippen LogP contribution in [0.15, 0.2) is 24.3 Å². The lowest BCUT2D eigenvalue weighted by Crippen LogP contribution is -2.47. The Morgan fingerprint density at radius 3 is 2.64 bits per heavy atom. The van der Waals surface area contributed by atoms with Crippen LogP contribution in [0.1, 0.15) is 54.9 Å². The van der Waals surface area contributed by atoms with Gasteiger partial charge >= 0.3 is 0 Å². The molecular weight excluding hydrogens is 272 g/mol. The zero-order valence-electron chi connectivity index (χ0n) is 14.3. The summed E-state index contributed by atoms with van der Waals surface area (Å²) in [5, 5.41) is 3.31. The first-order chi connectivity index (χ1) is 10.6. The monoisotopic (exact) mass is 302 g/mol. The number of nitrogens with one attached hydrogen (secondary N) is 1. The second-order valence-corrected chi connectivity index (χ2v) is 6.79. The van der Waals surface area contributed by atoms with Crippen molar-refractivity contribution in [2.75, 3.05) is 20.6 Å². The Kier molecular flexibility index (Phi) is 6.44. The third-order valence-electron chi connectivity index (χ3n) is 4.69. The lowest BCUT2D eigenvalue weighted by Gasteiger charge is -2.32. The minimum absolute atomic E-state index is 0.0766. The number of likely N-dealkylation sites (N-methyl/N-ethyl adjacent to an activating group) is 1. The molecule has 122 valence electrons. The van der Waals surface area contributed by atoms with Gasteiger partial charge in [-0.15, -0.1) is 0 Å². The van der Waals surface area contributed by atoms with Crippen molar-refractivity contribution in [3.63, 3.8) is 0 Å². The topological polar surface area (TPSA) is 32.3 Å². The molecule has 1 aliphatic carbocycles. The summed E-state index contributed by atoms with van der Waals surface area (Å²) < 4.78 is 0. The fourth-order valence-corrected chi connectivity index (χ4v) is 3.43. The van der Waals surface area contributed by atoms with Crippen LogP contribution >= 0.6 is 0 Å². The maximum absolute atomic E-state index is 12.6. The normalized spacial score (nSPS) is 17.5. The highest BCUT2D eigenvalue weighted by Crippen LogP contribution is 2.27. The molecule has 0 unspecified atom stereocenters. The van der Waals surface area contributed by atoms with Crippen LogP contribution in [-0.2, 0) is 6.42 Å². The van der Waals surface area contributed by atoms with Gasteiger partial charge in [0.25, 0.3) is 5.91 Å². The number of rotatable bonds is 6. The van der Waals surface area contributed by atoms with E-state index in [1.165, 1.54) is 37.7 Å². The standard InChI is InChI=1S/C19H30N2O/c1-4-15-9-8-12-17(13-15)19(22)20-18(14-21(2)3)16-10-6-5-7-11-16/h8-9,12-13,16,18H,4-7,10-11,14H2,1-3H3,(H,20,22)/t18-/m0/s1. The molecule has 1 saturated carbocycles. The van der Waals surface area contributed by atoms with Crippen molar-refractivity contribution in [2.45, 2.75) is 51.5 Å². The van der Waals surface area contributed by atoms with Crippen LogP contribution in [0.25, 0.3) is 0 Å². The number of aryl methyl sites for hydroxylation is 1. The average molecular weight is 302 g/mol. The van der Waals surface area contributed by atoms with Gasteiger partial charge < -0.3 is 10.2 Å². The van der Waals surface area contributed by atoms with E-state index in [2.05, 4.69) is 37.3 Å². The van der Waals surface area contributed by atoms with Crippen LogP contribution in [0, 0.1) is 5.92 Å². The van der Waals surface area contributed by atoms with Crippen molar-refractivity contribution in [3.8, 4) is 0 Å². The molecule has 1 fully saturated rings. The van der Waals surface area contributed by atoms with E-state index in [-0.39, 0.29) is 11.9 Å². The summed E-state index contributed by atoms with van der Waals surface area (Å²) in [6.07, 6.45) is 7.40. The predicted octanol–water partition coefficient (Wildman–Crippen LogP) is 3.49. The summed E-state index contributed by atoms with van der Waals surface area (Å²) >= 11 is 0. The fourth-order valence-electron chi connectivity index (χ4n) is 3.43. The molecule has 3 heteroatoms. The summed E-state index contributed by atoms with van der Waals surface area (Å²) in [5.74, 6) is 0.696. The molecule has 0 bridgehead atoms. The number of hydrogen-bond donors (Lipinski definition) is 1. The van der Waals surface area contributed by atoms with E-state index < -0.39 is 0 Å². The second kappa shape index (κ2) is 8.33. The first-order valence-electron chi connectivity index (χ1n) is 8.64. The molecule has 2 rings (SSSR count). The van der Waals surface area contributed by atoms with Gasteiger partial charge in [0.15, 0.2) is 0 Å². The zero-order valence-corrected chi connectivity index (χ0v) is 14.3. The summed E-state index contributed by atoms with van der Waals surface area (Å²) in [5.41, 5.74) is 2.01. The summed E-state index contributed by atoms with van der Waals surface area (Å²) in [4.78, 5) is 14.8. The Morgan fingerprint density at radius 2 is 2.00 bits per heavy atom. The molecule has 22 heavy (non-hydrogen) atoms. The van der Waals surface area contributed by atoms with Crippen molar-refractivity contribution >= 4 is 5.91 Å². The number of benzene rings is 1. The Bertz CT molecular complexity index is 478. The van der Waals surface area contributed by atoms with E-state index in [9.17, 15) is 4.79 Å². The lowest BCUT2D eigenvalue weighted by molar-refractivity contribution is 0.0899. The van der Waals surface area contributed by atoms with Crippen LogP contribution in [-0.4, -0.2) is 37.5 Å². The van der Waals surface area contributed by atoms with E-state index in [4.69, 9.17) is 0 Å². The molecule has 0 aromatic heterocycles. The molecular formula is C19H30N2O. The molecule has 3 nitrogen and oxygen atoms in total. The van der Waals surface area contributed by atoms with Crippen molar-refractivity contribution in [3.05, 3.63) is 35.4 Å². The first-order valence-corrected chi connectivity index (χ1v) is 8.64. The van der Waals surface area contributed by atoms with E-state index >= 15 is 0 Å². The number of carbonyl (C=O) groups excluding carboxylic acids is 1. The van der Waals surface area contributed by atoms with Gasteiger partial charge in [0, 0.05) is 18.2 Å². The highest BCUT2D eigenvalue weighted by molar-refractivity contribution is 5.94. The molecule has 1 amide bonds. The number of amides is 1. The first kappa shape index (κ1) is 17.0. The summed E-state index contributed by atoms with van der Waals surface area (Å²) in [7, 11) is 4.17. The van der Waals surface area contributed by atoms with Crippen LogP contribution in [0.5, 0.6) is 0 Å². The van der Waals surface area contributed by atoms with E-state index in [0.717, 1.165) is 18.5 Å². The Balaban J connectivity index is 2.05. The Morgan fingerprint density at radius 1 is 1.27 bits per heavy atom. The second-order valence-electron chi connectivity index (χ2n) is 6.79. The molecule has 1 N–H and O–H groups in total. The van der Waals surface area contributed by atoms with E-state index in [1.807, 2.05) is 18.2 Å². The number of hydrogen-bond acceptors (Lipinski definition) is 2. The number of carbonyl (C=O) groups is 1. The highest BCUT2D eigenvalue weighted by atomic mass is 16.1. The maximum atomic E-state index is 12.6. The molecule has 0 spiro atoms. The van der Waals surface area contributed by atoms with Crippen molar-refractivity contribution in [1.82, 2.24) is 10.2 Å². The largest absolute Gasteiger partial charge is 0.348 e. The predicted molar refractivity (Wildman–Crippen MR) is 92.2 cm³/mol. The summed E-state index contributed by atoms with van der Waals surface area (Å²) in [6.45, 7) is 3.04. The van der Waals surface area contributed by atoms with Crippen LogP contribution in [0.2, 0.25) is 0 Å². The minimum atomic E-state index is 0.0766. The van der Waals surface area contributed by atoms with Crippen LogP contribution in [0.4, 0.5) is 0 Å². The lowest BCUT2D eigenvalue weighted by atomic mass is 9.83. The fraction of sp³-hybridized carbons (Fsp3) is 0.632. The van der Waals surface area contributed by atoms with Gasteiger partial charge in [-0.1, -0.05) is 38.3 Å². The zero-order chi connectivity index (χ0) is 15.9. The van der Waals surface area contributed by atoms with Gasteiger partial charge in [0.1, 0.15) is 0 Å². The van der Waals surface area contributed by atoms with Gasteiger partial charge in [-0.2, -0.15) is 0 Å². The van der Waals surface area contributed by atoms with E-state index in [0.29, 0.717) is 5.92 Å². The van der Waals surface area contributed by atoms with Crippen LogP contribution in [0.3, 0.4) is 0 Å². The van der Waals surface area contributed by atoms with Crippen molar-refractivity contribution < 1.29 is 4.79 Å². The molecule has 0 aliphatic heterocycles. The average Bonchev–Trinajstić information content (AvgIpc) is 2.54. The molecule has 1 aromatic carbocycles. The van der Waals surface area contributed by atoms with Crippen molar-refractivity contribution in [2.24, 2.45) is 5.92 Å². The van der Waals surface area contributed by atoms with Crippen molar-refractivity contribution in [1.29, 1.82) is 0 Å². The molecule has 0 saturated heterocycles.